The van der Waals surface area contributed by atoms with Crippen LogP contribution in [0.15, 0.2) is 0 Å². The molecule has 8 aliphatic rings. The van der Waals surface area contributed by atoms with E-state index in [0.29, 0.717) is 41.4 Å². The third-order valence-corrected chi connectivity index (χ3v) is 16.2. The average molecular weight is 741 g/mol. The minimum absolute atomic E-state index is 0.188. The van der Waals surface area contributed by atoms with E-state index in [1.807, 2.05) is 0 Å². The Bertz CT molecular complexity index is 1260. The van der Waals surface area contributed by atoms with Crippen molar-refractivity contribution >= 4 is 0 Å². The molecule has 7 N–H and O–H groups in total. The number of hydrogen-bond acceptors (Lipinski definition) is 13. The molecular formula is C39H64O13. The molecule has 4 aliphatic carbocycles. The zero-order valence-corrected chi connectivity index (χ0v) is 31.2. The number of rotatable bonds is 6. The van der Waals surface area contributed by atoms with Crippen molar-refractivity contribution in [3.8, 4) is 0 Å². The lowest BCUT2D eigenvalue weighted by atomic mass is 9.44. The summed E-state index contributed by atoms with van der Waals surface area (Å²) in [5.74, 6) is 3.63. The molecule has 4 saturated carbocycles. The predicted octanol–water partition coefficient (Wildman–Crippen LogP) is 1.44. The van der Waals surface area contributed by atoms with Gasteiger partial charge in [0, 0.05) is 12.3 Å². The first-order chi connectivity index (χ1) is 24.7. The Hall–Kier alpha value is -0.520. The second-order valence-corrected chi connectivity index (χ2v) is 18.7. The highest BCUT2D eigenvalue weighted by Crippen LogP contribution is 2.71. The van der Waals surface area contributed by atoms with Crippen molar-refractivity contribution in [2.24, 2.45) is 52.3 Å². The lowest BCUT2D eigenvalue weighted by molar-refractivity contribution is -0.364. The lowest BCUT2D eigenvalue weighted by Gasteiger charge is -2.61. The molecule has 8 rings (SSSR count). The summed E-state index contributed by atoms with van der Waals surface area (Å²) in [7, 11) is 0. The summed E-state index contributed by atoms with van der Waals surface area (Å²) in [6, 6.07) is 0. The molecule has 0 bridgehead atoms. The molecular weight excluding hydrogens is 676 g/mol. The molecule has 1 spiro atoms. The van der Waals surface area contributed by atoms with Crippen molar-refractivity contribution in [1.82, 2.24) is 0 Å². The quantitative estimate of drug-likeness (QED) is 0.194. The number of aliphatic hydroxyl groups excluding tert-OH is 7. The summed E-state index contributed by atoms with van der Waals surface area (Å²) >= 11 is 0. The van der Waals surface area contributed by atoms with Crippen LogP contribution >= 0.6 is 0 Å². The summed E-state index contributed by atoms with van der Waals surface area (Å²) < 4.78 is 37.0. The average Bonchev–Trinajstić information content (AvgIpc) is 3.58. The molecule has 4 heterocycles. The zero-order chi connectivity index (χ0) is 36.9. The van der Waals surface area contributed by atoms with Crippen LogP contribution < -0.4 is 0 Å². The molecule has 52 heavy (non-hydrogen) atoms. The van der Waals surface area contributed by atoms with Gasteiger partial charge in [0.25, 0.3) is 0 Å². The molecule has 4 aliphatic heterocycles. The number of ether oxygens (including phenoxy) is 6. The van der Waals surface area contributed by atoms with E-state index in [9.17, 15) is 35.7 Å². The van der Waals surface area contributed by atoms with Gasteiger partial charge in [-0.05, 0) is 104 Å². The van der Waals surface area contributed by atoms with Gasteiger partial charge in [0.05, 0.1) is 32.0 Å². The fourth-order valence-electron chi connectivity index (χ4n) is 13.2. The molecule has 298 valence electrons. The van der Waals surface area contributed by atoms with E-state index in [2.05, 4.69) is 27.7 Å². The Morgan fingerprint density at radius 3 is 2.08 bits per heavy atom. The molecule has 0 radical (unpaired) electrons. The lowest BCUT2D eigenvalue weighted by Crippen LogP contribution is -2.65. The van der Waals surface area contributed by atoms with Gasteiger partial charge in [-0.2, -0.15) is 0 Å². The van der Waals surface area contributed by atoms with Crippen molar-refractivity contribution in [3.63, 3.8) is 0 Å². The van der Waals surface area contributed by atoms with E-state index >= 15 is 0 Å². The summed E-state index contributed by atoms with van der Waals surface area (Å²) in [6.45, 7) is 9.33. The molecule has 4 saturated heterocycles. The van der Waals surface area contributed by atoms with E-state index in [0.717, 1.165) is 45.1 Å². The molecule has 0 aromatic rings. The molecule has 0 unspecified atom stereocenters. The minimum atomic E-state index is -1.71. The van der Waals surface area contributed by atoms with Crippen LogP contribution in [0.25, 0.3) is 0 Å². The van der Waals surface area contributed by atoms with Gasteiger partial charge in [-0.3, -0.25) is 0 Å². The topological polar surface area (TPSA) is 197 Å². The third kappa shape index (κ3) is 5.98. The molecule has 13 nitrogen and oxygen atoms in total. The first kappa shape index (κ1) is 38.4. The molecule has 0 amide bonds. The predicted molar refractivity (Wildman–Crippen MR) is 183 cm³/mol. The number of fused-ring (bicyclic) bond motifs is 7. The largest absolute Gasteiger partial charge is 0.394 e. The van der Waals surface area contributed by atoms with Crippen LogP contribution in [0, 0.1) is 52.3 Å². The van der Waals surface area contributed by atoms with Gasteiger partial charge in [-0.25, -0.2) is 0 Å². The van der Waals surface area contributed by atoms with Crippen LogP contribution in [-0.4, -0.2) is 135 Å². The van der Waals surface area contributed by atoms with Crippen LogP contribution in [0.3, 0.4) is 0 Å². The smallest absolute Gasteiger partial charge is 0.187 e. The Balaban J connectivity index is 0.892. The standard InChI is InChI=1S/C39H64O13/c1-18-7-12-39(47-17-18)19(2)28-25(52-39)14-24-22-6-5-20-13-21(8-10-37(20,3)23(22)9-11-38(24,28)4)48-35-33(46)31(44)34(27(16-41)50-35)51-36-32(45)30(43)29(42)26(15-40)49-36/h18-36,40-46H,5-17H2,1-4H3/t18-,19-,20+,21-,22+,23-,24-,25-,26+,27+,28-,29-,30-,31+,32+,33+,34-,35+,36-,37-,38-,39+/m0/s1. The number of hydrogen-bond donors (Lipinski definition) is 7. The van der Waals surface area contributed by atoms with Gasteiger partial charge >= 0.3 is 0 Å². The van der Waals surface area contributed by atoms with Gasteiger partial charge in [0.1, 0.15) is 48.8 Å². The summed E-state index contributed by atoms with van der Waals surface area (Å²) in [5, 5.41) is 72.8. The Morgan fingerprint density at radius 2 is 1.37 bits per heavy atom. The van der Waals surface area contributed by atoms with Crippen molar-refractivity contribution in [1.29, 1.82) is 0 Å². The minimum Gasteiger partial charge on any atom is -0.394 e. The highest BCUT2D eigenvalue weighted by atomic mass is 16.7. The molecule has 0 aromatic carbocycles. The van der Waals surface area contributed by atoms with Crippen molar-refractivity contribution in [2.45, 2.75) is 171 Å². The van der Waals surface area contributed by atoms with E-state index in [-0.39, 0.29) is 23.0 Å². The van der Waals surface area contributed by atoms with E-state index < -0.39 is 80.4 Å². The SMILES string of the molecule is C[C@H]1CC[C@@]2(OC1)O[C@H]1C[C@H]3[C@@H]4CC[C@@H]5C[C@@H](O[C@@H]6O[C@H](CO)[C@H](O[C@@H]7O[C@H](CO)[C@H](O)[C@H](O)[C@H]7O)[C@H](O)[C@H]6O)CC[C@]5(C)[C@H]4CC[C@]3(C)[C@H]1[C@@H]2C. The maximum atomic E-state index is 11.2. The normalized spacial score (nSPS) is 59.0. The fraction of sp³-hybridized carbons (Fsp3) is 1.00. The first-order valence-corrected chi connectivity index (χ1v) is 20.3. The van der Waals surface area contributed by atoms with Gasteiger partial charge in [0.2, 0.25) is 0 Å². The Morgan fingerprint density at radius 1 is 0.673 bits per heavy atom. The second kappa shape index (κ2) is 14.1. The summed E-state index contributed by atoms with van der Waals surface area (Å²) in [6.07, 6.45) is -3.66. The van der Waals surface area contributed by atoms with Gasteiger partial charge in [-0.1, -0.05) is 27.7 Å². The highest BCUT2D eigenvalue weighted by molar-refractivity contribution is 5.15. The summed E-state index contributed by atoms with van der Waals surface area (Å²) in [4.78, 5) is 0. The van der Waals surface area contributed by atoms with Crippen LogP contribution in [-0.2, 0) is 28.4 Å². The highest BCUT2D eigenvalue weighted by Gasteiger charge is 2.69. The third-order valence-electron chi connectivity index (χ3n) is 16.2. The molecule has 13 heteroatoms. The first-order valence-electron chi connectivity index (χ1n) is 20.3. The zero-order valence-electron chi connectivity index (χ0n) is 31.2. The van der Waals surface area contributed by atoms with Crippen LogP contribution in [0.2, 0.25) is 0 Å². The monoisotopic (exact) mass is 740 g/mol. The Kier molecular flexibility index (Phi) is 10.4. The maximum Gasteiger partial charge on any atom is 0.187 e. The summed E-state index contributed by atoms with van der Waals surface area (Å²) in [5.41, 5.74) is 0.468. The van der Waals surface area contributed by atoms with Gasteiger partial charge < -0.3 is 64.2 Å². The second-order valence-electron chi connectivity index (χ2n) is 18.7. The van der Waals surface area contributed by atoms with Crippen molar-refractivity contribution in [3.05, 3.63) is 0 Å². The van der Waals surface area contributed by atoms with Crippen LogP contribution in [0.5, 0.6) is 0 Å². The fourth-order valence-corrected chi connectivity index (χ4v) is 13.2. The molecule has 0 aromatic heterocycles. The number of aliphatic hydroxyl groups is 7. The van der Waals surface area contributed by atoms with Crippen molar-refractivity contribution in [2.75, 3.05) is 19.8 Å². The van der Waals surface area contributed by atoms with Gasteiger partial charge in [-0.15, -0.1) is 0 Å². The molecule has 22 atom stereocenters. The van der Waals surface area contributed by atoms with E-state index in [1.165, 1.54) is 25.7 Å². The van der Waals surface area contributed by atoms with Gasteiger partial charge in [0.15, 0.2) is 18.4 Å². The van der Waals surface area contributed by atoms with Crippen LogP contribution in [0.1, 0.15) is 91.9 Å². The van der Waals surface area contributed by atoms with Crippen molar-refractivity contribution < 1.29 is 64.2 Å². The van der Waals surface area contributed by atoms with Crippen LogP contribution in [0.4, 0.5) is 0 Å². The Labute approximate surface area is 307 Å². The molecule has 8 fully saturated rings. The van der Waals surface area contributed by atoms with E-state index in [1.54, 1.807) is 0 Å². The maximum absolute atomic E-state index is 11.2. The van der Waals surface area contributed by atoms with E-state index in [4.69, 9.17) is 28.4 Å².